The summed E-state index contributed by atoms with van der Waals surface area (Å²) in [4.78, 5) is 19.9. The van der Waals surface area contributed by atoms with Crippen LogP contribution < -0.4 is 16.4 Å². The molecular formula is C13H14N4OS. The van der Waals surface area contributed by atoms with E-state index in [0.717, 1.165) is 21.5 Å². The molecule has 0 fully saturated rings. The van der Waals surface area contributed by atoms with Gasteiger partial charge in [0.1, 0.15) is 16.2 Å². The zero-order valence-electron chi connectivity index (χ0n) is 10.8. The Bertz CT molecular complexity index is 754. The summed E-state index contributed by atoms with van der Waals surface area (Å²) >= 11 is 1.34. The number of rotatable bonds is 3. The predicted molar refractivity (Wildman–Crippen MR) is 78.1 cm³/mol. The van der Waals surface area contributed by atoms with Crippen LogP contribution in [0.25, 0.3) is 17.3 Å². The molecule has 0 aliphatic carbocycles. The Kier molecular flexibility index (Phi) is 3.62. The molecule has 0 unspecified atom stereocenters. The largest absolute Gasteiger partial charge is 0.365 e. The van der Waals surface area contributed by atoms with Gasteiger partial charge in [0.2, 0.25) is 0 Å². The van der Waals surface area contributed by atoms with Gasteiger partial charge in [0.15, 0.2) is 0 Å². The van der Waals surface area contributed by atoms with Gasteiger partial charge < -0.3 is 5.73 Å². The zero-order chi connectivity index (χ0) is 14.0. The molecule has 0 aliphatic rings. The Hall–Kier alpha value is -2.21. The van der Waals surface area contributed by atoms with Crippen molar-refractivity contribution < 1.29 is 4.79 Å². The van der Waals surface area contributed by atoms with Crippen molar-refractivity contribution >= 4 is 36.2 Å². The SMILES string of the molecule is C=N/C=c1/nc(C)n(-c2ccc(C(N)=O)s2)/c1=C/C. The summed E-state index contributed by atoms with van der Waals surface area (Å²) in [5, 5.41) is 2.57. The normalized spacial score (nSPS) is 12.9. The molecule has 2 aromatic heterocycles. The molecule has 0 spiro atoms. The van der Waals surface area contributed by atoms with Crippen LogP contribution in [0.15, 0.2) is 17.1 Å². The second-order valence-corrected chi connectivity index (χ2v) is 4.93. The number of primary amides is 1. The molecule has 2 aromatic rings. The molecule has 0 radical (unpaired) electrons. The van der Waals surface area contributed by atoms with E-state index in [-0.39, 0.29) is 0 Å². The van der Waals surface area contributed by atoms with E-state index in [0.29, 0.717) is 4.88 Å². The van der Waals surface area contributed by atoms with Crippen molar-refractivity contribution in [2.45, 2.75) is 13.8 Å². The summed E-state index contributed by atoms with van der Waals surface area (Å²) in [7, 11) is 0. The van der Waals surface area contributed by atoms with Crippen LogP contribution in [-0.2, 0) is 0 Å². The molecule has 1 amide bonds. The van der Waals surface area contributed by atoms with Crippen LogP contribution in [-0.4, -0.2) is 22.2 Å². The van der Waals surface area contributed by atoms with E-state index in [4.69, 9.17) is 5.73 Å². The Morgan fingerprint density at radius 2 is 2.32 bits per heavy atom. The Labute approximate surface area is 114 Å². The first-order chi connectivity index (χ1) is 9.08. The Morgan fingerprint density at radius 1 is 1.58 bits per heavy atom. The first-order valence-electron chi connectivity index (χ1n) is 5.66. The standard InChI is InChI=1S/C13H14N4OS/c1-4-10-9(7-15-3)16-8(2)17(10)12-6-5-11(19-12)13(14)18/h4-7H,3H2,1-2H3,(H2,14,18)/b9-7+,10-4+. The number of hydrogen-bond acceptors (Lipinski definition) is 4. The Morgan fingerprint density at radius 3 is 2.84 bits per heavy atom. The molecule has 0 aliphatic heterocycles. The van der Waals surface area contributed by atoms with E-state index in [2.05, 4.69) is 16.7 Å². The summed E-state index contributed by atoms with van der Waals surface area (Å²) in [6.07, 6.45) is 3.56. The number of nitrogens with zero attached hydrogens (tertiary/aromatic N) is 3. The number of nitrogens with two attached hydrogens (primary N) is 1. The molecule has 0 saturated carbocycles. The quantitative estimate of drug-likeness (QED) is 0.831. The van der Waals surface area contributed by atoms with Crippen LogP contribution in [0.1, 0.15) is 22.4 Å². The maximum atomic E-state index is 11.2. The highest BCUT2D eigenvalue weighted by molar-refractivity contribution is 7.16. The first-order valence-corrected chi connectivity index (χ1v) is 6.48. The molecule has 2 N–H and O–H groups in total. The van der Waals surface area contributed by atoms with Gasteiger partial charge in [-0.05, 0) is 32.7 Å². The average Bonchev–Trinajstić information content (AvgIpc) is 2.94. The van der Waals surface area contributed by atoms with Gasteiger partial charge >= 0.3 is 0 Å². The second-order valence-electron chi connectivity index (χ2n) is 3.87. The van der Waals surface area contributed by atoms with Gasteiger partial charge in [-0.3, -0.25) is 14.4 Å². The van der Waals surface area contributed by atoms with Crippen LogP contribution in [0.2, 0.25) is 0 Å². The highest BCUT2D eigenvalue weighted by atomic mass is 32.1. The van der Waals surface area contributed by atoms with E-state index in [1.54, 1.807) is 12.3 Å². The topological polar surface area (TPSA) is 73.3 Å². The van der Waals surface area contributed by atoms with Gasteiger partial charge in [-0.2, -0.15) is 0 Å². The molecule has 19 heavy (non-hydrogen) atoms. The zero-order valence-corrected chi connectivity index (χ0v) is 11.6. The fraction of sp³-hybridized carbons (Fsp3) is 0.154. The van der Waals surface area contributed by atoms with Crippen molar-refractivity contribution in [1.82, 2.24) is 9.55 Å². The highest BCUT2D eigenvalue weighted by Gasteiger charge is 2.10. The maximum absolute atomic E-state index is 11.2. The smallest absolute Gasteiger partial charge is 0.258 e. The van der Waals surface area contributed by atoms with Crippen molar-refractivity contribution in [1.29, 1.82) is 0 Å². The minimum atomic E-state index is -0.421. The minimum Gasteiger partial charge on any atom is -0.365 e. The minimum absolute atomic E-state index is 0.421. The summed E-state index contributed by atoms with van der Waals surface area (Å²) in [6, 6.07) is 3.58. The number of aliphatic imine (C=N–C) groups is 1. The fourth-order valence-electron chi connectivity index (χ4n) is 1.89. The van der Waals surface area contributed by atoms with Crippen molar-refractivity contribution in [3.8, 4) is 5.00 Å². The molecule has 2 heterocycles. The van der Waals surface area contributed by atoms with Crippen LogP contribution in [0.3, 0.4) is 0 Å². The van der Waals surface area contributed by atoms with E-state index in [9.17, 15) is 4.79 Å². The third-order valence-corrected chi connectivity index (χ3v) is 3.74. The lowest BCUT2D eigenvalue weighted by atomic mass is 10.4. The van der Waals surface area contributed by atoms with Crippen molar-refractivity contribution in [3.63, 3.8) is 0 Å². The number of hydrogen-bond donors (Lipinski definition) is 1. The van der Waals surface area contributed by atoms with Crippen LogP contribution >= 0.6 is 11.3 Å². The van der Waals surface area contributed by atoms with Crippen molar-refractivity contribution in [2.75, 3.05) is 0 Å². The molecule has 6 heteroatoms. The molecular weight excluding hydrogens is 260 g/mol. The molecule has 0 atom stereocenters. The average molecular weight is 274 g/mol. The molecule has 2 rings (SSSR count). The van der Waals surface area contributed by atoms with Gasteiger partial charge in [0, 0.05) is 0 Å². The first kappa shape index (κ1) is 13.2. The lowest BCUT2D eigenvalue weighted by Crippen LogP contribution is -2.28. The van der Waals surface area contributed by atoms with E-state index in [1.807, 2.05) is 30.6 Å². The lowest BCUT2D eigenvalue weighted by Gasteiger charge is -2.00. The number of thiophene rings is 1. The maximum Gasteiger partial charge on any atom is 0.258 e. The summed E-state index contributed by atoms with van der Waals surface area (Å²) in [5.41, 5.74) is 5.28. The summed E-state index contributed by atoms with van der Waals surface area (Å²) in [6.45, 7) is 7.27. The predicted octanol–water partition coefficient (Wildman–Crippen LogP) is 0.580. The van der Waals surface area contributed by atoms with Crippen molar-refractivity contribution in [2.24, 2.45) is 10.7 Å². The lowest BCUT2D eigenvalue weighted by molar-refractivity contribution is 0.100. The molecule has 0 saturated heterocycles. The highest BCUT2D eigenvalue weighted by Crippen LogP contribution is 2.19. The van der Waals surface area contributed by atoms with Crippen LogP contribution in [0, 0.1) is 6.92 Å². The molecule has 5 nitrogen and oxygen atoms in total. The van der Waals surface area contributed by atoms with E-state index < -0.39 is 5.91 Å². The van der Waals surface area contributed by atoms with Crippen LogP contribution in [0.4, 0.5) is 0 Å². The van der Waals surface area contributed by atoms with Gasteiger partial charge in [-0.25, -0.2) is 4.98 Å². The molecule has 0 aromatic carbocycles. The summed E-state index contributed by atoms with van der Waals surface area (Å²) in [5.74, 6) is 0.400. The van der Waals surface area contributed by atoms with Gasteiger partial charge in [0.25, 0.3) is 5.91 Å². The van der Waals surface area contributed by atoms with Gasteiger partial charge in [0.05, 0.1) is 16.4 Å². The second kappa shape index (κ2) is 5.19. The third-order valence-electron chi connectivity index (χ3n) is 2.65. The third kappa shape index (κ3) is 2.34. The number of aryl methyl sites for hydroxylation is 1. The fourth-order valence-corrected chi connectivity index (χ4v) is 2.81. The summed E-state index contributed by atoms with van der Waals surface area (Å²) < 4.78 is 1.97. The number of amides is 1. The number of imidazole rings is 1. The molecule has 98 valence electrons. The van der Waals surface area contributed by atoms with Gasteiger partial charge in [-0.15, -0.1) is 11.3 Å². The van der Waals surface area contributed by atoms with Crippen LogP contribution in [0.5, 0.6) is 0 Å². The monoisotopic (exact) mass is 274 g/mol. The number of aromatic nitrogens is 2. The molecule has 0 bridgehead atoms. The van der Waals surface area contributed by atoms with Gasteiger partial charge in [-0.1, -0.05) is 6.08 Å². The van der Waals surface area contributed by atoms with E-state index in [1.165, 1.54) is 11.3 Å². The Balaban J connectivity index is 2.72. The number of carbonyl (C=O) groups is 1. The number of carbonyl (C=O) groups excluding carboxylic acids is 1. The van der Waals surface area contributed by atoms with Crippen molar-refractivity contribution in [3.05, 3.63) is 33.5 Å². The van der Waals surface area contributed by atoms with E-state index >= 15 is 0 Å².